The van der Waals surface area contributed by atoms with Crippen LogP contribution in [0.4, 0.5) is 15.3 Å². The fraction of sp³-hybridized carbons (Fsp3) is 0.588. The van der Waals surface area contributed by atoms with Gasteiger partial charge in [0.1, 0.15) is 29.3 Å². The van der Waals surface area contributed by atoms with E-state index in [-0.39, 0.29) is 30.6 Å². The van der Waals surface area contributed by atoms with Gasteiger partial charge in [0.2, 0.25) is 21.8 Å². The third-order valence-corrected chi connectivity index (χ3v) is 10.5. The monoisotopic (exact) mass is 733 g/mol. The second-order valence-corrected chi connectivity index (χ2v) is 17.1. The lowest BCUT2D eigenvalue weighted by molar-refractivity contribution is -0.143. The number of nitrogens with one attached hydrogen (secondary N) is 4. The molecule has 0 aromatic heterocycles. The molecule has 17 heteroatoms. The van der Waals surface area contributed by atoms with Crippen LogP contribution in [0.3, 0.4) is 0 Å². The van der Waals surface area contributed by atoms with Crippen LogP contribution in [0.25, 0.3) is 0 Å². The molecule has 1 aromatic carbocycles. The minimum atomic E-state index is -3.94. The Morgan fingerprint density at radius 1 is 1.04 bits per heavy atom. The highest BCUT2D eigenvalue weighted by molar-refractivity contribution is 7.91. The summed E-state index contributed by atoms with van der Waals surface area (Å²) in [4.78, 5) is 80.6. The Morgan fingerprint density at radius 3 is 2.25 bits per heavy atom. The van der Waals surface area contributed by atoms with Crippen LogP contribution in [-0.2, 0) is 38.6 Å². The first kappa shape index (κ1) is 39.1. The number of hydrogen-bond acceptors (Lipinski definition) is 11. The maximum absolute atomic E-state index is 14.3. The smallest absolute Gasteiger partial charge is 0.411 e. The SMILES string of the molecule is C=CC1C[C@]1(NC(=O)[C@@H]1C[C@@H](OC(=O)Nc2cccc(C(=O)OC)c2)CN1C(=O)[C@@H](NC(=O)OC(C)(C)C)C(C)(C)C)C(=O)NS(=O)(=O)C1CC1. The minimum Gasteiger partial charge on any atom is -0.465 e. The highest BCUT2D eigenvalue weighted by Gasteiger charge is 2.62. The third-order valence-electron chi connectivity index (χ3n) is 8.68. The van der Waals surface area contributed by atoms with Crippen molar-refractivity contribution in [3.8, 4) is 0 Å². The number of anilines is 1. The van der Waals surface area contributed by atoms with E-state index >= 15 is 0 Å². The molecule has 1 aliphatic heterocycles. The summed E-state index contributed by atoms with van der Waals surface area (Å²) in [5.41, 5.74) is -3.00. The van der Waals surface area contributed by atoms with Gasteiger partial charge in [-0.15, -0.1) is 6.58 Å². The van der Waals surface area contributed by atoms with Crippen molar-refractivity contribution >= 4 is 51.6 Å². The van der Waals surface area contributed by atoms with Crippen molar-refractivity contribution in [2.24, 2.45) is 11.3 Å². The van der Waals surface area contributed by atoms with E-state index in [4.69, 9.17) is 14.2 Å². The molecule has 3 fully saturated rings. The number of hydrogen-bond donors (Lipinski definition) is 4. The van der Waals surface area contributed by atoms with Crippen molar-refractivity contribution < 1.29 is 51.4 Å². The zero-order chi connectivity index (χ0) is 38.1. The van der Waals surface area contributed by atoms with Gasteiger partial charge in [-0.2, -0.15) is 0 Å². The molecule has 3 aliphatic rings. The van der Waals surface area contributed by atoms with Gasteiger partial charge in [-0.05, 0) is 63.6 Å². The van der Waals surface area contributed by atoms with Crippen LogP contribution in [-0.4, -0.2) is 97.4 Å². The largest absolute Gasteiger partial charge is 0.465 e. The van der Waals surface area contributed by atoms with Gasteiger partial charge in [0.25, 0.3) is 5.91 Å². The number of sulfonamides is 1. The molecular weight excluding hydrogens is 686 g/mol. The van der Waals surface area contributed by atoms with Gasteiger partial charge in [-0.25, -0.2) is 22.8 Å². The maximum Gasteiger partial charge on any atom is 0.411 e. The molecular formula is C34H47N5O11S. The molecule has 0 radical (unpaired) electrons. The second-order valence-electron chi connectivity index (χ2n) is 15.1. The Morgan fingerprint density at radius 2 is 1.71 bits per heavy atom. The normalized spacial score (nSPS) is 23.6. The molecule has 4 rings (SSSR count). The van der Waals surface area contributed by atoms with E-state index in [2.05, 4.69) is 27.3 Å². The summed E-state index contributed by atoms with van der Waals surface area (Å²) in [6.07, 6.45) is -0.688. The zero-order valence-electron chi connectivity index (χ0n) is 29.9. The third kappa shape index (κ3) is 9.56. The number of ether oxygens (including phenoxy) is 3. The molecule has 51 heavy (non-hydrogen) atoms. The van der Waals surface area contributed by atoms with Gasteiger partial charge in [0, 0.05) is 18.0 Å². The van der Waals surface area contributed by atoms with Crippen molar-refractivity contribution in [1.82, 2.24) is 20.3 Å². The highest BCUT2D eigenvalue weighted by Crippen LogP contribution is 2.45. The van der Waals surface area contributed by atoms with E-state index < -0.39 is 91.8 Å². The maximum atomic E-state index is 14.3. The Bertz CT molecular complexity index is 1700. The van der Waals surface area contributed by atoms with Gasteiger partial charge in [0.05, 0.1) is 24.5 Å². The lowest BCUT2D eigenvalue weighted by Crippen LogP contribution is -2.60. The van der Waals surface area contributed by atoms with Gasteiger partial charge in [-0.3, -0.25) is 24.4 Å². The fourth-order valence-corrected chi connectivity index (χ4v) is 7.14. The van der Waals surface area contributed by atoms with Crippen LogP contribution < -0.4 is 20.7 Å². The summed E-state index contributed by atoms with van der Waals surface area (Å²) in [6, 6.07) is 3.40. The minimum absolute atomic E-state index is 0.0761. The average Bonchev–Trinajstić information content (AvgIpc) is 3.94. The van der Waals surface area contributed by atoms with Crippen molar-refractivity contribution in [3.05, 3.63) is 42.5 Å². The number of likely N-dealkylation sites (tertiary alicyclic amines) is 1. The number of amides is 5. The van der Waals surface area contributed by atoms with E-state index in [9.17, 15) is 37.2 Å². The standard InChI is InChI=1S/C34H47N5O11S/c1-9-20-17-34(20,29(43)38-51(46,47)23-13-14-23)37-26(40)24-16-22(49-30(44)35-21-12-10-11-19(15-21)28(42)48-8)18-39(24)27(41)25(32(2,3)4)36-31(45)50-33(5,6)7/h9-12,15,20,22-25H,1,13-14,16-18H2,2-8H3,(H,35,44)(H,36,45)(H,37,40)(H,38,43)/t20?,22-,24+,25-,34-/m1/s1. The Balaban J connectivity index is 1.59. The van der Waals surface area contributed by atoms with Crippen LogP contribution in [0.2, 0.25) is 0 Å². The predicted octanol–water partition coefficient (Wildman–Crippen LogP) is 2.60. The lowest BCUT2D eigenvalue weighted by Gasteiger charge is -2.36. The summed E-state index contributed by atoms with van der Waals surface area (Å²) in [5.74, 6) is -3.60. The number of alkyl carbamates (subject to hydrolysis) is 1. The Kier molecular flexibility index (Phi) is 11.1. The van der Waals surface area contributed by atoms with E-state index in [0.29, 0.717) is 12.8 Å². The molecule has 5 atom stereocenters. The number of benzene rings is 1. The molecule has 1 unspecified atom stereocenters. The van der Waals surface area contributed by atoms with Crippen molar-refractivity contribution in [2.45, 2.75) is 102 Å². The summed E-state index contributed by atoms with van der Waals surface area (Å²) in [5, 5.41) is 7.11. The van der Waals surface area contributed by atoms with E-state index in [1.165, 1.54) is 37.5 Å². The second kappa shape index (κ2) is 14.5. The number of rotatable bonds is 11. The number of carbonyl (C=O) groups excluding carboxylic acids is 6. The van der Waals surface area contributed by atoms with Crippen molar-refractivity contribution in [2.75, 3.05) is 19.0 Å². The molecule has 0 bridgehead atoms. The summed E-state index contributed by atoms with van der Waals surface area (Å²) >= 11 is 0. The van der Waals surface area contributed by atoms with Gasteiger partial charge in [0.15, 0.2) is 0 Å². The first-order valence-electron chi connectivity index (χ1n) is 16.6. The molecule has 1 saturated heterocycles. The van der Waals surface area contributed by atoms with Crippen molar-refractivity contribution in [1.29, 1.82) is 0 Å². The molecule has 1 aromatic rings. The first-order valence-corrected chi connectivity index (χ1v) is 18.1. The van der Waals surface area contributed by atoms with E-state index in [1.807, 2.05) is 0 Å². The van der Waals surface area contributed by atoms with Crippen LogP contribution >= 0.6 is 0 Å². The average molecular weight is 734 g/mol. The van der Waals surface area contributed by atoms with Crippen LogP contribution in [0.15, 0.2) is 36.9 Å². The van der Waals surface area contributed by atoms with E-state index in [1.54, 1.807) is 41.5 Å². The summed E-state index contributed by atoms with van der Waals surface area (Å²) < 4.78 is 43.0. The van der Waals surface area contributed by atoms with Crippen molar-refractivity contribution in [3.63, 3.8) is 0 Å². The molecule has 2 saturated carbocycles. The number of carbonyl (C=O) groups is 6. The molecule has 2 aliphatic carbocycles. The molecule has 4 N–H and O–H groups in total. The topological polar surface area (TPSA) is 216 Å². The van der Waals surface area contributed by atoms with Crippen LogP contribution in [0.1, 0.15) is 77.6 Å². The molecule has 280 valence electrons. The number of esters is 1. The summed E-state index contributed by atoms with van der Waals surface area (Å²) in [6.45, 7) is 13.6. The van der Waals surface area contributed by atoms with Gasteiger partial charge < -0.3 is 29.7 Å². The quantitative estimate of drug-likeness (QED) is 0.147. The molecule has 5 amide bonds. The molecule has 16 nitrogen and oxygen atoms in total. The van der Waals surface area contributed by atoms with Gasteiger partial charge >= 0.3 is 18.2 Å². The Hall–Kier alpha value is -4.67. The molecule has 1 heterocycles. The van der Waals surface area contributed by atoms with Crippen LogP contribution in [0.5, 0.6) is 0 Å². The molecule has 0 spiro atoms. The van der Waals surface area contributed by atoms with Crippen LogP contribution in [0, 0.1) is 11.3 Å². The predicted molar refractivity (Wildman–Crippen MR) is 184 cm³/mol. The zero-order valence-corrected chi connectivity index (χ0v) is 30.7. The summed E-state index contributed by atoms with van der Waals surface area (Å²) in [7, 11) is -2.72. The van der Waals surface area contributed by atoms with Gasteiger partial charge in [-0.1, -0.05) is 32.9 Å². The number of nitrogens with zero attached hydrogens (tertiary/aromatic N) is 1. The number of methoxy groups -OCH3 is 1. The Labute approximate surface area is 297 Å². The highest BCUT2D eigenvalue weighted by atomic mass is 32.2. The van der Waals surface area contributed by atoms with E-state index in [0.717, 1.165) is 4.90 Å². The fourth-order valence-electron chi connectivity index (χ4n) is 5.77. The lowest BCUT2D eigenvalue weighted by atomic mass is 9.85. The first-order chi connectivity index (χ1) is 23.6.